The van der Waals surface area contributed by atoms with E-state index < -0.39 is 10.0 Å². The number of rotatable bonds is 8. The van der Waals surface area contributed by atoms with Crippen LogP contribution in [0.15, 0.2) is 65.6 Å². The van der Waals surface area contributed by atoms with Gasteiger partial charge in [0.15, 0.2) is 5.13 Å². The molecule has 2 aliphatic heterocycles. The number of benzene rings is 3. The molecule has 42 heavy (non-hydrogen) atoms. The van der Waals surface area contributed by atoms with Gasteiger partial charge in [-0.15, -0.1) is 0 Å². The Morgan fingerprint density at radius 2 is 1.76 bits per heavy atom. The molecular formula is C31H33ClN4O4S2. The predicted molar refractivity (Wildman–Crippen MR) is 167 cm³/mol. The van der Waals surface area contributed by atoms with Crippen LogP contribution in [-0.4, -0.2) is 74.5 Å². The number of nitrogens with zero attached hydrogens (tertiary/aromatic N) is 4. The zero-order valence-corrected chi connectivity index (χ0v) is 25.8. The zero-order chi connectivity index (χ0) is 29.3. The van der Waals surface area contributed by atoms with Gasteiger partial charge in [-0.3, -0.25) is 14.6 Å². The van der Waals surface area contributed by atoms with Crippen LogP contribution in [-0.2, 0) is 27.7 Å². The lowest BCUT2D eigenvalue weighted by atomic mass is 10.0. The highest BCUT2D eigenvalue weighted by molar-refractivity contribution is 7.89. The minimum absolute atomic E-state index is 0.180. The molecule has 1 fully saturated rings. The third-order valence-corrected chi connectivity index (χ3v) is 11.4. The molecule has 11 heteroatoms. The van der Waals surface area contributed by atoms with Gasteiger partial charge in [0, 0.05) is 44.8 Å². The van der Waals surface area contributed by atoms with Crippen molar-refractivity contribution in [2.24, 2.45) is 0 Å². The number of aromatic nitrogens is 1. The number of ether oxygens (including phenoxy) is 1. The maximum absolute atomic E-state index is 13.9. The average Bonchev–Trinajstić information content (AvgIpc) is 3.48. The number of anilines is 1. The monoisotopic (exact) mass is 624 g/mol. The predicted octanol–water partition coefficient (Wildman–Crippen LogP) is 5.37. The Balaban J connectivity index is 1.24. The van der Waals surface area contributed by atoms with E-state index in [0.29, 0.717) is 41.8 Å². The first-order chi connectivity index (χ1) is 20.3. The third kappa shape index (κ3) is 5.97. The summed E-state index contributed by atoms with van der Waals surface area (Å²) >= 11 is 7.89. The number of sulfonamides is 1. The summed E-state index contributed by atoms with van der Waals surface area (Å²) in [6, 6.07) is 18.0. The standard InChI is InChI=1S/C31H33ClN4O4S2/c1-22-7-12-27(32)29-28(22)33-31(41-29)36(15-4-14-34-17-19-40-20-18-34)30(37)24-8-10-26(11-9-24)42(38,39)35-16-13-23-5-2-3-6-25(23)21-35/h2-3,5-12H,4,13-21H2,1H3. The molecule has 220 valence electrons. The molecular weight excluding hydrogens is 592 g/mol. The summed E-state index contributed by atoms with van der Waals surface area (Å²) in [7, 11) is -3.71. The Kier molecular flexibility index (Phi) is 8.63. The number of amides is 1. The number of morpholine rings is 1. The van der Waals surface area contributed by atoms with Gasteiger partial charge in [0.05, 0.1) is 33.3 Å². The lowest BCUT2D eigenvalue weighted by Gasteiger charge is -2.28. The average molecular weight is 625 g/mol. The van der Waals surface area contributed by atoms with Crippen LogP contribution in [0.5, 0.6) is 0 Å². The highest BCUT2D eigenvalue weighted by Gasteiger charge is 2.29. The molecule has 8 nitrogen and oxygen atoms in total. The van der Waals surface area contributed by atoms with E-state index in [0.717, 1.165) is 60.6 Å². The molecule has 2 aliphatic rings. The van der Waals surface area contributed by atoms with E-state index in [1.165, 1.54) is 33.3 Å². The fraction of sp³-hybridized carbons (Fsp3) is 0.355. The van der Waals surface area contributed by atoms with Crippen LogP contribution in [0.3, 0.4) is 0 Å². The second-order valence-electron chi connectivity index (χ2n) is 10.7. The molecule has 0 bridgehead atoms. The Hall–Kier alpha value is -2.86. The summed E-state index contributed by atoms with van der Waals surface area (Å²) in [6.45, 7) is 7.26. The molecule has 4 aromatic rings. The van der Waals surface area contributed by atoms with Gasteiger partial charge < -0.3 is 4.74 Å². The van der Waals surface area contributed by atoms with E-state index in [1.807, 2.05) is 43.3 Å². The molecule has 0 radical (unpaired) electrons. The van der Waals surface area contributed by atoms with Gasteiger partial charge in [-0.1, -0.05) is 53.3 Å². The van der Waals surface area contributed by atoms with Crippen LogP contribution in [0.25, 0.3) is 10.2 Å². The van der Waals surface area contributed by atoms with Crippen LogP contribution < -0.4 is 4.90 Å². The fourth-order valence-electron chi connectivity index (χ4n) is 5.52. The molecule has 0 unspecified atom stereocenters. The van der Waals surface area contributed by atoms with E-state index >= 15 is 0 Å². The minimum atomic E-state index is -3.71. The summed E-state index contributed by atoms with van der Waals surface area (Å²) in [6.07, 6.45) is 1.44. The molecule has 0 N–H and O–H groups in total. The van der Waals surface area contributed by atoms with E-state index in [-0.39, 0.29) is 10.8 Å². The molecule has 0 atom stereocenters. The van der Waals surface area contributed by atoms with Crippen LogP contribution in [0.2, 0.25) is 5.02 Å². The minimum Gasteiger partial charge on any atom is -0.379 e. The van der Waals surface area contributed by atoms with E-state index in [4.69, 9.17) is 21.3 Å². The summed E-state index contributed by atoms with van der Waals surface area (Å²) in [5.41, 5.74) is 4.40. The Labute approximate surface area is 255 Å². The van der Waals surface area contributed by atoms with Crippen molar-refractivity contribution in [1.29, 1.82) is 0 Å². The molecule has 0 saturated carbocycles. The number of thiazole rings is 1. The fourth-order valence-corrected chi connectivity index (χ4v) is 8.28. The number of aryl methyl sites for hydroxylation is 1. The van der Waals surface area contributed by atoms with Gasteiger partial charge in [-0.25, -0.2) is 13.4 Å². The maximum atomic E-state index is 13.9. The van der Waals surface area contributed by atoms with Crippen molar-refractivity contribution in [3.63, 3.8) is 0 Å². The second kappa shape index (κ2) is 12.4. The summed E-state index contributed by atoms with van der Waals surface area (Å²) in [4.78, 5) is 23.0. The van der Waals surface area contributed by atoms with Gasteiger partial charge in [-0.2, -0.15) is 4.31 Å². The van der Waals surface area contributed by atoms with Crippen LogP contribution >= 0.6 is 22.9 Å². The van der Waals surface area contributed by atoms with Gasteiger partial charge >= 0.3 is 0 Å². The van der Waals surface area contributed by atoms with Crippen molar-refractivity contribution in [2.75, 3.05) is 50.8 Å². The summed E-state index contributed by atoms with van der Waals surface area (Å²) in [5.74, 6) is -0.222. The van der Waals surface area contributed by atoms with Crippen molar-refractivity contribution in [3.05, 3.63) is 87.9 Å². The van der Waals surface area contributed by atoms with Crippen LogP contribution in [0.4, 0.5) is 5.13 Å². The molecule has 1 aromatic heterocycles. The van der Waals surface area contributed by atoms with Gasteiger partial charge in [-0.05, 0) is 66.8 Å². The molecule has 1 amide bonds. The number of halogens is 1. The van der Waals surface area contributed by atoms with Gasteiger partial charge in [0.25, 0.3) is 5.91 Å². The number of carbonyl (C=O) groups excluding carboxylic acids is 1. The Morgan fingerprint density at radius 1 is 1.02 bits per heavy atom. The first-order valence-electron chi connectivity index (χ1n) is 14.2. The topological polar surface area (TPSA) is 83.0 Å². The van der Waals surface area contributed by atoms with Crippen LogP contribution in [0.1, 0.15) is 33.5 Å². The molecule has 1 saturated heterocycles. The number of fused-ring (bicyclic) bond motifs is 2. The van der Waals surface area contributed by atoms with E-state index in [1.54, 1.807) is 17.0 Å². The normalized spacial score (nSPS) is 16.4. The lowest BCUT2D eigenvalue weighted by molar-refractivity contribution is 0.0376. The maximum Gasteiger partial charge on any atom is 0.260 e. The Bertz CT molecular complexity index is 1660. The van der Waals surface area contributed by atoms with E-state index in [9.17, 15) is 13.2 Å². The summed E-state index contributed by atoms with van der Waals surface area (Å²) in [5, 5.41) is 1.19. The first kappa shape index (κ1) is 29.2. The quantitative estimate of drug-likeness (QED) is 0.262. The van der Waals surface area contributed by atoms with Crippen molar-refractivity contribution in [3.8, 4) is 0 Å². The number of carbonyl (C=O) groups is 1. The largest absolute Gasteiger partial charge is 0.379 e. The highest BCUT2D eigenvalue weighted by Crippen LogP contribution is 2.36. The van der Waals surface area contributed by atoms with Gasteiger partial charge in [0.1, 0.15) is 0 Å². The first-order valence-corrected chi connectivity index (χ1v) is 16.8. The highest BCUT2D eigenvalue weighted by atomic mass is 35.5. The van der Waals surface area contributed by atoms with Crippen LogP contribution in [0, 0.1) is 6.92 Å². The Morgan fingerprint density at radius 3 is 2.50 bits per heavy atom. The van der Waals surface area contributed by atoms with Gasteiger partial charge in [0.2, 0.25) is 10.0 Å². The SMILES string of the molecule is Cc1ccc(Cl)c2sc(N(CCCN3CCOCC3)C(=O)c3ccc(S(=O)(=O)N4CCc5ccccc5C4)cc3)nc12. The number of hydrogen-bond donors (Lipinski definition) is 0. The van der Waals surface area contributed by atoms with Crippen molar-refractivity contribution >= 4 is 54.2 Å². The summed E-state index contributed by atoms with van der Waals surface area (Å²) < 4.78 is 34.8. The number of hydrogen-bond acceptors (Lipinski definition) is 7. The third-order valence-electron chi connectivity index (χ3n) is 7.96. The lowest BCUT2D eigenvalue weighted by Crippen LogP contribution is -2.39. The van der Waals surface area contributed by atoms with Crippen molar-refractivity contribution < 1.29 is 17.9 Å². The second-order valence-corrected chi connectivity index (χ2v) is 14.0. The van der Waals surface area contributed by atoms with Crippen molar-refractivity contribution in [2.45, 2.75) is 31.2 Å². The van der Waals surface area contributed by atoms with E-state index in [2.05, 4.69) is 4.90 Å². The van der Waals surface area contributed by atoms with Crippen molar-refractivity contribution in [1.82, 2.24) is 14.2 Å². The molecule has 3 heterocycles. The molecule has 0 spiro atoms. The molecule has 6 rings (SSSR count). The molecule has 3 aromatic carbocycles. The zero-order valence-electron chi connectivity index (χ0n) is 23.5. The smallest absolute Gasteiger partial charge is 0.260 e. The molecule has 0 aliphatic carbocycles.